The lowest BCUT2D eigenvalue weighted by molar-refractivity contribution is 0.282. The summed E-state index contributed by atoms with van der Waals surface area (Å²) in [5, 5.41) is 0. The smallest absolute Gasteiger partial charge is 0.126 e. The van der Waals surface area contributed by atoms with Crippen LogP contribution < -0.4 is 5.73 Å². The molecule has 0 fully saturated rings. The maximum Gasteiger partial charge on any atom is 0.126 e. The highest BCUT2D eigenvalue weighted by Gasteiger charge is 2.08. The van der Waals surface area contributed by atoms with Gasteiger partial charge < -0.3 is 10.6 Å². The number of likely N-dealkylation sites (N-methyl/N-ethyl adjacent to an activating group) is 1. The molecular formula is C14H22BrFN2. The first-order valence-corrected chi connectivity index (χ1v) is 7.14. The van der Waals surface area contributed by atoms with E-state index in [9.17, 15) is 4.39 Å². The Hall–Kier alpha value is -0.450. The number of halogens is 2. The van der Waals surface area contributed by atoms with Crippen LogP contribution in [0.1, 0.15) is 18.9 Å². The highest BCUT2D eigenvalue weighted by atomic mass is 79.9. The number of hydrogen-bond acceptors (Lipinski definition) is 2. The molecule has 1 unspecified atom stereocenters. The SMILES string of the molecule is CC(CCN)CN(C)CCc1cc(Br)ccc1F. The van der Waals surface area contributed by atoms with Crippen molar-refractivity contribution in [1.29, 1.82) is 0 Å². The number of nitrogens with two attached hydrogens (primary N) is 1. The van der Waals surface area contributed by atoms with Crippen molar-refractivity contribution in [2.45, 2.75) is 19.8 Å². The third-order valence-corrected chi connectivity index (χ3v) is 3.55. The molecule has 4 heteroatoms. The third-order valence-electron chi connectivity index (χ3n) is 3.05. The largest absolute Gasteiger partial charge is 0.330 e. The van der Waals surface area contributed by atoms with Gasteiger partial charge in [-0.3, -0.25) is 0 Å². The zero-order chi connectivity index (χ0) is 13.5. The minimum absolute atomic E-state index is 0.124. The van der Waals surface area contributed by atoms with Crippen LogP contribution in [0.25, 0.3) is 0 Å². The molecule has 18 heavy (non-hydrogen) atoms. The summed E-state index contributed by atoms with van der Waals surface area (Å²) < 4.78 is 14.5. The summed E-state index contributed by atoms with van der Waals surface area (Å²) in [6, 6.07) is 5.09. The Morgan fingerprint density at radius 1 is 1.44 bits per heavy atom. The number of rotatable bonds is 7. The van der Waals surface area contributed by atoms with Gasteiger partial charge >= 0.3 is 0 Å². The lowest BCUT2D eigenvalue weighted by Gasteiger charge is -2.21. The van der Waals surface area contributed by atoms with E-state index in [1.165, 1.54) is 6.07 Å². The fraction of sp³-hybridized carbons (Fsp3) is 0.571. The van der Waals surface area contributed by atoms with Crippen LogP contribution in [-0.2, 0) is 6.42 Å². The first-order chi connectivity index (χ1) is 8.52. The topological polar surface area (TPSA) is 29.3 Å². The van der Waals surface area contributed by atoms with Crippen molar-refractivity contribution in [2.75, 3.05) is 26.7 Å². The second kappa shape index (κ2) is 7.87. The number of benzene rings is 1. The summed E-state index contributed by atoms with van der Waals surface area (Å²) in [5.41, 5.74) is 6.30. The second-order valence-electron chi connectivity index (χ2n) is 4.93. The van der Waals surface area contributed by atoms with Gasteiger partial charge in [-0.25, -0.2) is 4.39 Å². The van der Waals surface area contributed by atoms with Crippen molar-refractivity contribution in [1.82, 2.24) is 4.90 Å². The Morgan fingerprint density at radius 3 is 2.83 bits per heavy atom. The van der Waals surface area contributed by atoms with Gasteiger partial charge in [0, 0.05) is 17.6 Å². The predicted molar refractivity (Wildman–Crippen MR) is 78.1 cm³/mol. The molecule has 1 atom stereocenters. The fourth-order valence-corrected chi connectivity index (χ4v) is 2.45. The average molecular weight is 317 g/mol. The van der Waals surface area contributed by atoms with Gasteiger partial charge in [-0.15, -0.1) is 0 Å². The van der Waals surface area contributed by atoms with Crippen molar-refractivity contribution >= 4 is 15.9 Å². The van der Waals surface area contributed by atoms with Crippen molar-refractivity contribution in [3.05, 3.63) is 34.1 Å². The third kappa shape index (κ3) is 5.46. The summed E-state index contributed by atoms with van der Waals surface area (Å²) in [6.45, 7) is 4.80. The van der Waals surface area contributed by atoms with E-state index in [1.54, 1.807) is 6.07 Å². The van der Waals surface area contributed by atoms with Crippen LogP contribution in [0.5, 0.6) is 0 Å². The molecule has 0 aromatic heterocycles. The van der Waals surface area contributed by atoms with E-state index in [1.807, 2.05) is 6.07 Å². The van der Waals surface area contributed by atoms with E-state index in [4.69, 9.17) is 5.73 Å². The van der Waals surface area contributed by atoms with Crippen LogP contribution in [0.3, 0.4) is 0 Å². The van der Waals surface area contributed by atoms with Gasteiger partial charge in [0.1, 0.15) is 5.82 Å². The highest BCUT2D eigenvalue weighted by molar-refractivity contribution is 9.10. The second-order valence-corrected chi connectivity index (χ2v) is 5.85. The van der Waals surface area contributed by atoms with Crippen LogP contribution in [0.4, 0.5) is 4.39 Å². The van der Waals surface area contributed by atoms with Crippen LogP contribution in [0.15, 0.2) is 22.7 Å². The van der Waals surface area contributed by atoms with Crippen LogP contribution in [-0.4, -0.2) is 31.6 Å². The van der Waals surface area contributed by atoms with E-state index >= 15 is 0 Å². The van der Waals surface area contributed by atoms with Crippen molar-refractivity contribution in [3.8, 4) is 0 Å². The monoisotopic (exact) mass is 316 g/mol. The molecule has 1 rings (SSSR count). The van der Waals surface area contributed by atoms with Crippen LogP contribution >= 0.6 is 15.9 Å². The molecule has 1 aromatic carbocycles. The van der Waals surface area contributed by atoms with E-state index in [0.717, 1.165) is 42.5 Å². The predicted octanol–water partition coefficient (Wildman–Crippen LogP) is 3.05. The minimum atomic E-state index is -0.124. The summed E-state index contributed by atoms with van der Waals surface area (Å²) in [4.78, 5) is 2.24. The van der Waals surface area contributed by atoms with Gasteiger partial charge in [-0.1, -0.05) is 22.9 Å². The molecule has 1 aromatic rings. The van der Waals surface area contributed by atoms with Gasteiger partial charge in [-0.2, -0.15) is 0 Å². The van der Waals surface area contributed by atoms with E-state index in [2.05, 4.69) is 34.8 Å². The van der Waals surface area contributed by atoms with Crippen LogP contribution in [0, 0.1) is 11.7 Å². The average Bonchev–Trinajstić information content (AvgIpc) is 2.30. The quantitative estimate of drug-likeness (QED) is 0.837. The summed E-state index contributed by atoms with van der Waals surface area (Å²) in [5.74, 6) is 0.467. The van der Waals surface area contributed by atoms with E-state index in [0.29, 0.717) is 5.92 Å². The molecule has 0 aliphatic carbocycles. The highest BCUT2D eigenvalue weighted by Crippen LogP contribution is 2.16. The molecule has 0 spiro atoms. The van der Waals surface area contributed by atoms with Crippen molar-refractivity contribution < 1.29 is 4.39 Å². The van der Waals surface area contributed by atoms with Crippen LogP contribution in [0.2, 0.25) is 0 Å². The maximum atomic E-state index is 13.5. The number of hydrogen-bond donors (Lipinski definition) is 1. The van der Waals surface area contributed by atoms with Gasteiger partial charge in [0.25, 0.3) is 0 Å². The molecule has 2 nitrogen and oxygen atoms in total. The first-order valence-electron chi connectivity index (χ1n) is 6.35. The number of nitrogens with zero attached hydrogens (tertiary/aromatic N) is 1. The molecule has 0 saturated carbocycles. The molecule has 0 saturated heterocycles. The normalized spacial score (nSPS) is 13.0. The molecule has 0 aliphatic rings. The van der Waals surface area contributed by atoms with Gasteiger partial charge in [0.15, 0.2) is 0 Å². The van der Waals surface area contributed by atoms with Gasteiger partial charge in [0.2, 0.25) is 0 Å². The Morgan fingerprint density at radius 2 is 2.17 bits per heavy atom. The minimum Gasteiger partial charge on any atom is -0.330 e. The van der Waals surface area contributed by atoms with E-state index < -0.39 is 0 Å². The Balaban J connectivity index is 2.42. The molecule has 2 N–H and O–H groups in total. The molecule has 0 radical (unpaired) electrons. The summed E-state index contributed by atoms with van der Waals surface area (Å²) >= 11 is 3.37. The zero-order valence-corrected chi connectivity index (χ0v) is 12.7. The molecule has 0 heterocycles. The summed E-state index contributed by atoms with van der Waals surface area (Å²) in [7, 11) is 2.07. The fourth-order valence-electron chi connectivity index (χ4n) is 2.05. The van der Waals surface area contributed by atoms with Gasteiger partial charge in [-0.05, 0) is 56.1 Å². The maximum absolute atomic E-state index is 13.5. The molecule has 0 amide bonds. The first kappa shape index (κ1) is 15.6. The zero-order valence-electron chi connectivity index (χ0n) is 11.1. The standard InChI is InChI=1S/C14H22BrFN2/c1-11(5-7-17)10-18(2)8-6-12-9-13(15)3-4-14(12)16/h3-4,9,11H,5-8,10,17H2,1-2H3. The van der Waals surface area contributed by atoms with Crippen molar-refractivity contribution in [3.63, 3.8) is 0 Å². The lowest BCUT2D eigenvalue weighted by atomic mass is 10.1. The van der Waals surface area contributed by atoms with E-state index in [-0.39, 0.29) is 5.82 Å². The Kier molecular flexibility index (Phi) is 6.82. The molecule has 0 aliphatic heterocycles. The molecule has 102 valence electrons. The Bertz CT molecular complexity index is 371. The molecular weight excluding hydrogens is 295 g/mol. The Labute approximate surface area is 117 Å². The van der Waals surface area contributed by atoms with Crippen molar-refractivity contribution in [2.24, 2.45) is 11.7 Å². The van der Waals surface area contributed by atoms with Gasteiger partial charge in [0.05, 0.1) is 0 Å². The molecule has 0 bridgehead atoms. The lowest BCUT2D eigenvalue weighted by Crippen LogP contribution is -2.27. The summed E-state index contributed by atoms with van der Waals surface area (Å²) in [6.07, 6.45) is 1.77.